The van der Waals surface area contributed by atoms with Crippen LogP contribution in [-0.4, -0.2) is 25.0 Å². The molecule has 0 bridgehead atoms. The summed E-state index contributed by atoms with van der Waals surface area (Å²) in [5.74, 6) is -1.69. The number of benzene rings is 1. The molecule has 1 saturated heterocycles. The van der Waals surface area contributed by atoms with Crippen molar-refractivity contribution in [3.8, 4) is 0 Å². The number of ether oxygens (including phenoxy) is 1. The average Bonchev–Trinajstić information content (AvgIpc) is 2.23. The molecule has 1 aromatic rings. The van der Waals surface area contributed by atoms with Crippen molar-refractivity contribution in [1.82, 2.24) is 0 Å². The summed E-state index contributed by atoms with van der Waals surface area (Å²) in [7, 11) is 0. The molecular weight excluding hydrogens is 215 g/mol. The van der Waals surface area contributed by atoms with Gasteiger partial charge < -0.3 is 10.5 Å². The molecule has 0 radical (unpaired) electrons. The van der Waals surface area contributed by atoms with Crippen LogP contribution in [0, 0.1) is 5.82 Å². The minimum absolute atomic E-state index is 0.0306. The van der Waals surface area contributed by atoms with Gasteiger partial charge >= 0.3 is 0 Å². The Kier molecular flexibility index (Phi) is 2.57. The lowest BCUT2D eigenvalue weighted by molar-refractivity contribution is -0.138. The smallest absolute Gasteiger partial charge is 0.259 e. The Morgan fingerprint density at radius 2 is 1.88 bits per heavy atom. The molecular formula is C10H9FN2O3. The number of carbonyl (C=O) groups excluding carboxylic acids is 2. The van der Waals surface area contributed by atoms with Crippen LogP contribution in [-0.2, 0) is 14.3 Å². The highest BCUT2D eigenvalue weighted by molar-refractivity contribution is 6.17. The van der Waals surface area contributed by atoms with E-state index in [1.54, 1.807) is 0 Å². The third-order valence-electron chi connectivity index (χ3n) is 2.19. The summed E-state index contributed by atoms with van der Waals surface area (Å²) in [6.07, 6.45) is 0. The Balaban J connectivity index is 2.38. The molecule has 2 amide bonds. The minimum atomic E-state index is -0.662. The molecule has 1 aromatic carbocycles. The quantitative estimate of drug-likeness (QED) is 0.550. The molecule has 0 spiro atoms. The standard InChI is InChI=1S/C10H9FN2O3/c11-7-3-6(1-2-8(7)12)13-9(14)4-16-5-10(13)15/h1-3H,4-5,12H2. The molecule has 0 unspecified atom stereocenters. The topological polar surface area (TPSA) is 72.6 Å². The van der Waals surface area contributed by atoms with Crippen LogP contribution in [0.4, 0.5) is 15.8 Å². The molecule has 84 valence electrons. The first-order valence-electron chi connectivity index (χ1n) is 4.58. The minimum Gasteiger partial charge on any atom is -0.396 e. The first kappa shape index (κ1) is 10.6. The van der Waals surface area contributed by atoms with E-state index >= 15 is 0 Å². The van der Waals surface area contributed by atoms with Crippen LogP contribution in [0.25, 0.3) is 0 Å². The zero-order valence-corrected chi connectivity index (χ0v) is 8.27. The highest BCUT2D eigenvalue weighted by Crippen LogP contribution is 2.21. The second kappa shape index (κ2) is 3.90. The molecule has 1 heterocycles. The van der Waals surface area contributed by atoms with Crippen LogP contribution in [0.5, 0.6) is 0 Å². The zero-order valence-electron chi connectivity index (χ0n) is 8.27. The van der Waals surface area contributed by atoms with Gasteiger partial charge in [0.15, 0.2) is 0 Å². The lowest BCUT2D eigenvalue weighted by atomic mass is 10.2. The molecule has 0 saturated carbocycles. The largest absolute Gasteiger partial charge is 0.396 e. The van der Waals surface area contributed by atoms with Crippen molar-refractivity contribution in [2.24, 2.45) is 0 Å². The second-order valence-electron chi connectivity index (χ2n) is 3.32. The van der Waals surface area contributed by atoms with E-state index in [1.807, 2.05) is 0 Å². The van der Waals surface area contributed by atoms with Gasteiger partial charge in [-0.1, -0.05) is 0 Å². The summed E-state index contributed by atoms with van der Waals surface area (Å²) in [5.41, 5.74) is 5.44. The van der Waals surface area contributed by atoms with E-state index in [1.165, 1.54) is 12.1 Å². The summed E-state index contributed by atoms with van der Waals surface area (Å²) in [4.78, 5) is 23.8. The molecule has 0 aliphatic carbocycles. The van der Waals surface area contributed by atoms with Crippen molar-refractivity contribution in [2.75, 3.05) is 23.8 Å². The van der Waals surface area contributed by atoms with Gasteiger partial charge in [-0.3, -0.25) is 9.59 Å². The number of amides is 2. The molecule has 1 aliphatic rings. The van der Waals surface area contributed by atoms with Crippen LogP contribution >= 0.6 is 0 Å². The third-order valence-corrected chi connectivity index (χ3v) is 2.19. The van der Waals surface area contributed by atoms with E-state index in [2.05, 4.69) is 0 Å². The Morgan fingerprint density at radius 1 is 1.25 bits per heavy atom. The molecule has 1 fully saturated rings. The maximum absolute atomic E-state index is 13.2. The normalized spacial score (nSPS) is 16.7. The van der Waals surface area contributed by atoms with Crippen LogP contribution in [0.15, 0.2) is 18.2 Å². The number of imide groups is 1. The van der Waals surface area contributed by atoms with Gasteiger partial charge in [0.25, 0.3) is 11.8 Å². The summed E-state index contributed by atoms with van der Waals surface area (Å²) in [5, 5.41) is 0. The van der Waals surface area contributed by atoms with Crippen molar-refractivity contribution in [1.29, 1.82) is 0 Å². The molecule has 1 aliphatic heterocycles. The second-order valence-corrected chi connectivity index (χ2v) is 3.32. The van der Waals surface area contributed by atoms with E-state index in [4.69, 9.17) is 10.5 Å². The van der Waals surface area contributed by atoms with Gasteiger partial charge in [-0.25, -0.2) is 9.29 Å². The first-order chi connectivity index (χ1) is 7.59. The SMILES string of the molecule is Nc1ccc(N2C(=O)COCC2=O)cc1F. The van der Waals surface area contributed by atoms with E-state index in [0.29, 0.717) is 0 Å². The van der Waals surface area contributed by atoms with Crippen molar-refractivity contribution in [3.63, 3.8) is 0 Å². The van der Waals surface area contributed by atoms with Crippen LogP contribution < -0.4 is 10.6 Å². The average molecular weight is 224 g/mol. The lowest BCUT2D eigenvalue weighted by Gasteiger charge is -2.24. The first-order valence-corrected chi connectivity index (χ1v) is 4.58. The number of nitrogen functional groups attached to an aromatic ring is 1. The van der Waals surface area contributed by atoms with Crippen molar-refractivity contribution in [3.05, 3.63) is 24.0 Å². The molecule has 0 atom stereocenters. The third kappa shape index (κ3) is 1.74. The maximum Gasteiger partial charge on any atom is 0.259 e. The predicted molar refractivity (Wildman–Crippen MR) is 54.1 cm³/mol. The van der Waals surface area contributed by atoms with Crippen molar-refractivity contribution in [2.45, 2.75) is 0 Å². The number of nitrogens with zero attached hydrogens (tertiary/aromatic N) is 1. The van der Waals surface area contributed by atoms with Gasteiger partial charge in [0, 0.05) is 6.07 Å². The summed E-state index contributed by atoms with van der Waals surface area (Å²) in [6.45, 7) is -0.366. The van der Waals surface area contributed by atoms with Crippen LogP contribution in [0.2, 0.25) is 0 Å². The zero-order chi connectivity index (χ0) is 11.7. The number of nitrogens with two attached hydrogens (primary N) is 1. The molecule has 0 aromatic heterocycles. The predicted octanol–water partition coefficient (Wildman–Crippen LogP) is 0.298. The fourth-order valence-corrected chi connectivity index (χ4v) is 1.44. The number of anilines is 2. The number of morpholine rings is 1. The number of halogens is 1. The fourth-order valence-electron chi connectivity index (χ4n) is 1.44. The van der Waals surface area contributed by atoms with E-state index in [9.17, 15) is 14.0 Å². The Bertz CT molecular complexity index is 445. The number of rotatable bonds is 1. The summed E-state index contributed by atoms with van der Waals surface area (Å²) in [6, 6.07) is 3.77. The highest BCUT2D eigenvalue weighted by atomic mass is 19.1. The summed E-state index contributed by atoms with van der Waals surface area (Å²) < 4.78 is 17.9. The molecule has 2 rings (SSSR count). The van der Waals surface area contributed by atoms with Crippen molar-refractivity contribution < 1.29 is 18.7 Å². The molecule has 16 heavy (non-hydrogen) atoms. The summed E-state index contributed by atoms with van der Waals surface area (Å²) >= 11 is 0. The van der Waals surface area contributed by atoms with Crippen molar-refractivity contribution >= 4 is 23.2 Å². The van der Waals surface area contributed by atoms with E-state index < -0.39 is 17.6 Å². The lowest BCUT2D eigenvalue weighted by Crippen LogP contribution is -2.46. The van der Waals surface area contributed by atoms with E-state index in [0.717, 1.165) is 11.0 Å². The van der Waals surface area contributed by atoms with Gasteiger partial charge in [0.1, 0.15) is 19.0 Å². The molecule has 5 nitrogen and oxygen atoms in total. The van der Waals surface area contributed by atoms with Gasteiger partial charge in [0.2, 0.25) is 0 Å². The highest BCUT2D eigenvalue weighted by Gasteiger charge is 2.28. The van der Waals surface area contributed by atoms with E-state index in [-0.39, 0.29) is 24.6 Å². The number of hydrogen-bond acceptors (Lipinski definition) is 4. The maximum atomic E-state index is 13.2. The van der Waals surface area contributed by atoms with Crippen LogP contribution in [0.1, 0.15) is 0 Å². The molecule has 2 N–H and O–H groups in total. The van der Waals surface area contributed by atoms with Crippen LogP contribution in [0.3, 0.4) is 0 Å². The Labute approximate surface area is 90.6 Å². The van der Waals surface area contributed by atoms with Gasteiger partial charge in [0.05, 0.1) is 11.4 Å². The number of carbonyl (C=O) groups is 2. The fraction of sp³-hybridized carbons (Fsp3) is 0.200. The Morgan fingerprint density at radius 3 is 2.44 bits per heavy atom. The Hall–Kier alpha value is -1.95. The number of hydrogen-bond donors (Lipinski definition) is 1. The molecule has 6 heteroatoms. The van der Waals surface area contributed by atoms with Gasteiger partial charge in [-0.05, 0) is 12.1 Å². The van der Waals surface area contributed by atoms with Gasteiger partial charge in [-0.2, -0.15) is 0 Å². The monoisotopic (exact) mass is 224 g/mol. The van der Waals surface area contributed by atoms with Gasteiger partial charge in [-0.15, -0.1) is 0 Å².